The van der Waals surface area contributed by atoms with Gasteiger partial charge in [0, 0.05) is 0 Å². The topological polar surface area (TPSA) is 49.3 Å². The number of nitrogens with one attached hydrogen (secondary N) is 1. The molecule has 3 nitrogen and oxygen atoms in total. The monoisotopic (exact) mass is 285 g/mol. The maximum absolute atomic E-state index is 11.6. The lowest BCUT2D eigenvalue weighted by Crippen LogP contribution is -2.35. The van der Waals surface area contributed by atoms with Crippen molar-refractivity contribution in [1.82, 2.24) is 5.32 Å². The Labute approximate surface area is 104 Å². The van der Waals surface area contributed by atoms with Crippen molar-refractivity contribution >= 4 is 21.8 Å². The predicted octanol–water partition coefficient (Wildman–Crippen LogP) is 2.01. The fourth-order valence-corrected chi connectivity index (χ4v) is 1.50. The summed E-state index contributed by atoms with van der Waals surface area (Å²) in [4.78, 5) is 11.4. The van der Waals surface area contributed by atoms with Gasteiger partial charge in [0.05, 0.1) is 17.5 Å². The molecule has 1 aromatic carbocycles. The van der Waals surface area contributed by atoms with Crippen molar-refractivity contribution < 1.29 is 9.90 Å². The number of carbonyl (C=O) groups is 1. The van der Waals surface area contributed by atoms with Crippen LogP contribution in [-0.2, 0) is 4.79 Å². The van der Waals surface area contributed by atoms with Crippen molar-refractivity contribution in [2.75, 3.05) is 6.61 Å². The number of carbonyl (C=O) groups excluding carboxylic acids is 1. The van der Waals surface area contributed by atoms with E-state index in [0.29, 0.717) is 0 Å². The molecule has 0 aromatic heterocycles. The fraction of sp³-hybridized carbons (Fsp3) is 0.417. The van der Waals surface area contributed by atoms with Gasteiger partial charge in [0.25, 0.3) is 0 Å². The molecule has 4 heteroatoms. The molecule has 88 valence electrons. The average Bonchev–Trinajstić information content (AvgIpc) is 2.35. The highest BCUT2D eigenvalue weighted by molar-refractivity contribution is 9.10. The standard InChI is InChI=1S/C12H16BrNO2/c1-2-10(13)12(16)14-11(8-15)9-6-4-3-5-7-9/h3-7,10-11,15H,2,8H2,1H3,(H,14,16)/t10?,11-/m1/s1. The van der Waals surface area contributed by atoms with Crippen LogP contribution in [0.1, 0.15) is 24.9 Å². The van der Waals surface area contributed by atoms with Gasteiger partial charge in [0.15, 0.2) is 0 Å². The number of hydrogen-bond donors (Lipinski definition) is 2. The summed E-state index contributed by atoms with van der Waals surface area (Å²) in [6.07, 6.45) is 0.721. The second kappa shape index (κ2) is 6.66. The first kappa shape index (κ1) is 13.2. The Morgan fingerprint density at radius 2 is 2.06 bits per heavy atom. The van der Waals surface area contributed by atoms with Gasteiger partial charge in [-0.2, -0.15) is 0 Å². The van der Waals surface area contributed by atoms with Gasteiger partial charge in [-0.25, -0.2) is 0 Å². The summed E-state index contributed by atoms with van der Waals surface area (Å²) < 4.78 is 0. The van der Waals surface area contributed by atoms with Crippen molar-refractivity contribution in [3.8, 4) is 0 Å². The van der Waals surface area contributed by atoms with Gasteiger partial charge < -0.3 is 10.4 Å². The molecule has 0 aliphatic carbocycles. The van der Waals surface area contributed by atoms with E-state index in [4.69, 9.17) is 0 Å². The molecule has 1 amide bonds. The van der Waals surface area contributed by atoms with E-state index in [1.165, 1.54) is 0 Å². The molecule has 2 atom stereocenters. The summed E-state index contributed by atoms with van der Waals surface area (Å²) in [6.45, 7) is 1.83. The number of halogens is 1. The number of benzene rings is 1. The van der Waals surface area contributed by atoms with E-state index in [1.54, 1.807) is 0 Å². The van der Waals surface area contributed by atoms with Crippen molar-refractivity contribution in [3.05, 3.63) is 35.9 Å². The van der Waals surface area contributed by atoms with Crippen molar-refractivity contribution in [2.24, 2.45) is 0 Å². The number of hydrogen-bond acceptors (Lipinski definition) is 2. The zero-order valence-electron chi connectivity index (χ0n) is 9.19. The van der Waals surface area contributed by atoms with Crippen LogP contribution >= 0.6 is 15.9 Å². The Bertz CT molecular complexity index is 329. The summed E-state index contributed by atoms with van der Waals surface area (Å²) in [7, 11) is 0. The predicted molar refractivity (Wildman–Crippen MR) is 67.4 cm³/mol. The van der Waals surface area contributed by atoms with Gasteiger partial charge >= 0.3 is 0 Å². The van der Waals surface area contributed by atoms with Crippen LogP contribution in [0.25, 0.3) is 0 Å². The van der Waals surface area contributed by atoms with Gasteiger partial charge in [-0.3, -0.25) is 4.79 Å². The van der Waals surface area contributed by atoms with Gasteiger partial charge in [0.2, 0.25) is 5.91 Å². The van der Waals surface area contributed by atoms with Crippen molar-refractivity contribution in [1.29, 1.82) is 0 Å². The van der Waals surface area contributed by atoms with Crippen LogP contribution in [0.5, 0.6) is 0 Å². The first-order valence-corrected chi connectivity index (χ1v) is 6.20. The largest absolute Gasteiger partial charge is 0.394 e. The summed E-state index contributed by atoms with van der Waals surface area (Å²) in [5.74, 6) is -0.0922. The molecule has 0 aliphatic rings. The smallest absolute Gasteiger partial charge is 0.234 e. The molecule has 0 fully saturated rings. The van der Waals surface area contributed by atoms with E-state index >= 15 is 0 Å². The minimum absolute atomic E-state index is 0.0922. The van der Waals surface area contributed by atoms with Crippen molar-refractivity contribution in [3.63, 3.8) is 0 Å². The molecular formula is C12H16BrNO2. The second-order valence-corrected chi connectivity index (χ2v) is 4.64. The molecule has 0 saturated carbocycles. The van der Waals surface area contributed by atoms with Gasteiger partial charge in [0.1, 0.15) is 0 Å². The third-order valence-electron chi connectivity index (χ3n) is 2.34. The lowest BCUT2D eigenvalue weighted by atomic mass is 10.1. The molecule has 0 radical (unpaired) electrons. The number of amides is 1. The number of alkyl halides is 1. The SMILES string of the molecule is CCC(Br)C(=O)N[C@H](CO)c1ccccc1. The molecule has 0 aliphatic heterocycles. The minimum atomic E-state index is -0.333. The molecule has 0 bridgehead atoms. The second-order valence-electron chi connectivity index (χ2n) is 3.53. The summed E-state index contributed by atoms with van der Waals surface area (Å²) in [6, 6.07) is 9.11. The Kier molecular flexibility index (Phi) is 5.49. The molecular weight excluding hydrogens is 270 g/mol. The Morgan fingerprint density at radius 3 is 2.56 bits per heavy atom. The fourth-order valence-electron chi connectivity index (χ4n) is 1.37. The zero-order chi connectivity index (χ0) is 12.0. The molecule has 1 aromatic rings. The maximum Gasteiger partial charge on any atom is 0.234 e. The summed E-state index contributed by atoms with van der Waals surface area (Å²) in [5.41, 5.74) is 0.911. The van der Waals surface area contributed by atoms with Crippen LogP contribution in [0.4, 0.5) is 0 Å². The molecule has 1 unspecified atom stereocenters. The quantitative estimate of drug-likeness (QED) is 0.813. The van der Waals surface area contributed by atoms with E-state index in [9.17, 15) is 9.90 Å². The van der Waals surface area contributed by atoms with E-state index in [-0.39, 0.29) is 23.4 Å². The first-order chi connectivity index (χ1) is 7.69. The summed E-state index contributed by atoms with van der Waals surface area (Å²) in [5, 5.41) is 12.1. The molecule has 2 N–H and O–H groups in total. The average molecular weight is 286 g/mol. The van der Waals surface area contributed by atoms with E-state index in [2.05, 4.69) is 21.2 Å². The van der Waals surface area contributed by atoms with Crippen LogP contribution in [0.3, 0.4) is 0 Å². The van der Waals surface area contributed by atoms with Crippen LogP contribution in [0.15, 0.2) is 30.3 Å². The van der Waals surface area contributed by atoms with E-state index in [0.717, 1.165) is 12.0 Å². The molecule has 0 heterocycles. The number of aliphatic hydroxyl groups is 1. The van der Waals surface area contributed by atoms with E-state index < -0.39 is 0 Å². The first-order valence-electron chi connectivity index (χ1n) is 5.29. The van der Waals surface area contributed by atoms with Crippen LogP contribution in [-0.4, -0.2) is 22.4 Å². The van der Waals surface area contributed by atoms with Gasteiger partial charge in [-0.1, -0.05) is 53.2 Å². The van der Waals surface area contributed by atoms with Crippen molar-refractivity contribution in [2.45, 2.75) is 24.2 Å². The lowest BCUT2D eigenvalue weighted by molar-refractivity contribution is -0.121. The Hall–Kier alpha value is -0.870. The molecule has 0 saturated heterocycles. The van der Waals surface area contributed by atoms with Crippen LogP contribution < -0.4 is 5.32 Å². The number of aliphatic hydroxyl groups excluding tert-OH is 1. The molecule has 16 heavy (non-hydrogen) atoms. The Morgan fingerprint density at radius 1 is 1.44 bits per heavy atom. The minimum Gasteiger partial charge on any atom is -0.394 e. The van der Waals surface area contributed by atoms with Gasteiger partial charge in [-0.15, -0.1) is 0 Å². The lowest BCUT2D eigenvalue weighted by Gasteiger charge is -2.18. The highest BCUT2D eigenvalue weighted by Gasteiger charge is 2.17. The third-order valence-corrected chi connectivity index (χ3v) is 3.41. The highest BCUT2D eigenvalue weighted by Crippen LogP contribution is 2.13. The van der Waals surface area contributed by atoms with Crippen LogP contribution in [0, 0.1) is 0 Å². The molecule has 1 rings (SSSR count). The molecule has 0 spiro atoms. The number of rotatable bonds is 5. The summed E-state index contributed by atoms with van der Waals surface area (Å²) >= 11 is 3.28. The normalized spacial score (nSPS) is 14.2. The third kappa shape index (κ3) is 3.61. The maximum atomic E-state index is 11.6. The zero-order valence-corrected chi connectivity index (χ0v) is 10.8. The van der Waals surface area contributed by atoms with E-state index in [1.807, 2.05) is 37.3 Å². The highest BCUT2D eigenvalue weighted by atomic mass is 79.9. The van der Waals surface area contributed by atoms with Crippen LogP contribution in [0.2, 0.25) is 0 Å². The Balaban J connectivity index is 2.66. The van der Waals surface area contributed by atoms with Gasteiger partial charge in [-0.05, 0) is 12.0 Å².